The SMILES string of the molecule is CC(O)[C@@H]1OC([C@@]2(n3ccc(=O)[nH]c3=O)O[C@H](CO)[C@@H](O)[C@]2(O)F)[C@H](O)[C@H]1O. The molecule has 3 heterocycles. The lowest BCUT2D eigenvalue weighted by atomic mass is 9.90. The number of aromatic nitrogens is 2. The Morgan fingerprint density at radius 3 is 2.43 bits per heavy atom. The predicted molar refractivity (Wildman–Crippen MR) is 85.7 cm³/mol. The highest BCUT2D eigenvalue weighted by atomic mass is 19.2. The first kappa shape index (κ1) is 21.0. The van der Waals surface area contributed by atoms with Crippen LogP contribution in [0.3, 0.4) is 0 Å². The number of ether oxygens (including phenoxy) is 2. The van der Waals surface area contributed by atoms with Crippen LogP contribution in [0.5, 0.6) is 0 Å². The zero-order valence-electron chi connectivity index (χ0n) is 14.5. The molecule has 3 rings (SSSR count). The third kappa shape index (κ3) is 2.74. The van der Waals surface area contributed by atoms with Gasteiger partial charge in [-0.05, 0) is 6.92 Å². The Hall–Kier alpha value is -1.71. The van der Waals surface area contributed by atoms with Crippen LogP contribution in [0.2, 0.25) is 0 Å². The Labute approximate surface area is 156 Å². The van der Waals surface area contributed by atoms with Crippen molar-refractivity contribution in [2.24, 2.45) is 0 Å². The first-order valence-corrected chi connectivity index (χ1v) is 8.39. The maximum Gasteiger partial charge on any atom is 0.330 e. The van der Waals surface area contributed by atoms with Gasteiger partial charge in [-0.2, -0.15) is 0 Å². The standard InChI is InChI=1S/C15H21FN2O10/c1-5(20)10-8(22)9(23)12(27-10)15(18-3-2-7(21)17-13(18)25)14(16,26)11(24)6(4-19)28-15/h2-3,5-6,8-12,19-20,22-24,26H,4H2,1H3,(H,17,21,25)/t5?,6-,8-,9-,10+,11-,12?,14-,15-/m1/s1. The molecule has 0 bridgehead atoms. The fourth-order valence-electron chi connectivity index (χ4n) is 3.71. The molecule has 7 N–H and O–H groups in total. The summed E-state index contributed by atoms with van der Waals surface area (Å²) in [6, 6.07) is 0.783. The van der Waals surface area contributed by atoms with Gasteiger partial charge >= 0.3 is 5.69 Å². The van der Waals surface area contributed by atoms with E-state index in [4.69, 9.17) is 9.47 Å². The Bertz CT molecular complexity index is 841. The van der Waals surface area contributed by atoms with Crippen molar-refractivity contribution in [1.82, 2.24) is 9.55 Å². The normalized spacial score (nSPS) is 44.7. The number of H-pyrrole nitrogens is 1. The number of nitrogens with zero attached hydrogens (tertiary/aromatic N) is 1. The van der Waals surface area contributed by atoms with Crippen LogP contribution in [0.15, 0.2) is 21.9 Å². The van der Waals surface area contributed by atoms with Crippen molar-refractivity contribution in [2.75, 3.05) is 6.61 Å². The highest BCUT2D eigenvalue weighted by Gasteiger charge is 2.75. The number of aliphatic hydroxyl groups is 6. The van der Waals surface area contributed by atoms with Crippen LogP contribution in [0.4, 0.5) is 4.39 Å². The van der Waals surface area contributed by atoms with Gasteiger partial charge in [-0.15, -0.1) is 0 Å². The molecule has 158 valence electrons. The lowest BCUT2D eigenvalue weighted by Gasteiger charge is -2.41. The molecule has 2 saturated heterocycles. The number of aliphatic hydroxyl groups excluding tert-OH is 5. The molecular formula is C15H21FN2O10. The Morgan fingerprint density at radius 2 is 1.96 bits per heavy atom. The average molecular weight is 408 g/mol. The van der Waals surface area contributed by atoms with Crippen molar-refractivity contribution in [1.29, 1.82) is 0 Å². The van der Waals surface area contributed by atoms with E-state index in [9.17, 15) is 40.2 Å². The number of rotatable bonds is 4. The summed E-state index contributed by atoms with van der Waals surface area (Å²) in [5.74, 6) is -3.83. The summed E-state index contributed by atoms with van der Waals surface area (Å²) < 4.78 is 26.5. The second kappa shape index (κ2) is 6.96. The number of hydrogen-bond acceptors (Lipinski definition) is 10. The van der Waals surface area contributed by atoms with E-state index >= 15 is 4.39 Å². The van der Waals surface area contributed by atoms with Crippen molar-refractivity contribution < 1.29 is 44.5 Å². The summed E-state index contributed by atoms with van der Waals surface area (Å²) in [6.07, 6.45) is -12.0. The van der Waals surface area contributed by atoms with E-state index in [1.54, 1.807) is 0 Å². The minimum Gasteiger partial charge on any atom is -0.394 e. The van der Waals surface area contributed by atoms with Gasteiger partial charge < -0.3 is 40.1 Å². The number of nitrogens with one attached hydrogen (secondary N) is 1. The summed E-state index contributed by atoms with van der Waals surface area (Å²) in [6.45, 7) is 0.225. The summed E-state index contributed by atoms with van der Waals surface area (Å²) in [4.78, 5) is 25.5. The van der Waals surface area contributed by atoms with Gasteiger partial charge in [0.25, 0.3) is 11.4 Å². The molecule has 2 unspecified atom stereocenters. The van der Waals surface area contributed by atoms with Gasteiger partial charge in [-0.25, -0.2) is 9.18 Å². The molecule has 0 aromatic carbocycles. The summed E-state index contributed by atoms with van der Waals surface area (Å²) in [5.41, 5.74) is -5.18. The number of halogens is 1. The highest BCUT2D eigenvalue weighted by molar-refractivity contribution is 5.14. The van der Waals surface area contributed by atoms with Crippen molar-refractivity contribution in [3.05, 3.63) is 33.1 Å². The Balaban J connectivity index is 2.25. The summed E-state index contributed by atoms with van der Waals surface area (Å²) >= 11 is 0. The van der Waals surface area contributed by atoms with E-state index in [0.717, 1.165) is 12.3 Å². The van der Waals surface area contributed by atoms with E-state index in [0.29, 0.717) is 4.57 Å². The number of alkyl halides is 1. The van der Waals surface area contributed by atoms with Gasteiger partial charge in [0.2, 0.25) is 5.72 Å². The number of aromatic amines is 1. The summed E-state index contributed by atoms with van der Waals surface area (Å²) in [7, 11) is 0. The van der Waals surface area contributed by atoms with Crippen molar-refractivity contribution >= 4 is 0 Å². The molecule has 0 aliphatic carbocycles. The van der Waals surface area contributed by atoms with E-state index in [2.05, 4.69) is 0 Å². The van der Waals surface area contributed by atoms with Crippen LogP contribution in [-0.4, -0.2) is 95.4 Å². The lowest BCUT2D eigenvalue weighted by Crippen LogP contribution is -2.66. The van der Waals surface area contributed by atoms with Gasteiger partial charge in [0, 0.05) is 12.3 Å². The van der Waals surface area contributed by atoms with Gasteiger partial charge in [0.1, 0.15) is 36.6 Å². The maximum absolute atomic E-state index is 15.5. The van der Waals surface area contributed by atoms with Crippen LogP contribution < -0.4 is 11.2 Å². The molecule has 0 spiro atoms. The van der Waals surface area contributed by atoms with Crippen molar-refractivity contribution in [2.45, 2.75) is 61.2 Å². The van der Waals surface area contributed by atoms with Crippen LogP contribution >= 0.6 is 0 Å². The predicted octanol–water partition coefficient (Wildman–Crippen LogP) is -4.53. The second-order valence-corrected chi connectivity index (χ2v) is 6.88. The minimum atomic E-state index is -3.83. The lowest BCUT2D eigenvalue weighted by molar-refractivity contribution is -0.310. The first-order valence-electron chi connectivity index (χ1n) is 8.39. The monoisotopic (exact) mass is 408 g/mol. The van der Waals surface area contributed by atoms with Gasteiger partial charge in [-0.1, -0.05) is 0 Å². The molecule has 0 amide bonds. The van der Waals surface area contributed by atoms with Gasteiger partial charge in [0.15, 0.2) is 0 Å². The van der Waals surface area contributed by atoms with Gasteiger partial charge in [-0.3, -0.25) is 14.3 Å². The average Bonchev–Trinajstić information content (AvgIpc) is 3.02. The van der Waals surface area contributed by atoms with Crippen molar-refractivity contribution in [3.63, 3.8) is 0 Å². The molecule has 1 aromatic rings. The van der Waals surface area contributed by atoms with E-state index in [1.807, 2.05) is 4.98 Å². The summed E-state index contributed by atoms with van der Waals surface area (Å²) in [5, 5.41) is 60.2. The van der Waals surface area contributed by atoms with Crippen molar-refractivity contribution in [3.8, 4) is 0 Å². The van der Waals surface area contributed by atoms with Crippen LogP contribution in [0.1, 0.15) is 6.92 Å². The zero-order chi connectivity index (χ0) is 21.0. The third-order valence-electron chi connectivity index (χ3n) is 5.10. The van der Waals surface area contributed by atoms with Gasteiger partial charge in [0.05, 0.1) is 12.7 Å². The second-order valence-electron chi connectivity index (χ2n) is 6.88. The van der Waals surface area contributed by atoms with E-state index in [1.165, 1.54) is 6.92 Å². The molecule has 12 nitrogen and oxygen atoms in total. The van der Waals surface area contributed by atoms with Crippen LogP contribution in [-0.2, 0) is 15.2 Å². The third-order valence-corrected chi connectivity index (χ3v) is 5.10. The molecule has 2 fully saturated rings. The van der Waals surface area contributed by atoms with E-state index in [-0.39, 0.29) is 0 Å². The fraction of sp³-hybridized carbons (Fsp3) is 0.733. The molecule has 2 aliphatic heterocycles. The topological polar surface area (TPSA) is 195 Å². The molecule has 13 heteroatoms. The molecule has 9 atom stereocenters. The highest BCUT2D eigenvalue weighted by Crippen LogP contribution is 2.50. The molecule has 1 aromatic heterocycles. The molecule has 0 radical (unpaired) electrons. The Kier molecular flexibility index (Phi) is 5.23. The van der Waals surface area contributed by atoms with Crippen LogP contribution in [0, 0.1) is 0 Å². The first-order chi connectivity index (χ1) is 13.0. The molecule has 28 heavy (non-hydrogen) atoms. The molecule has 2 aliphatic rings. The molecular weight excluding hydrogens is 387 g/mol. The maximum atomic E-state index is 15.5. The molecule has 0 saturated carbocycles. The largest absolute Gasteiger partial charge is 0.394 e. The number of hydrogen-bond donors (Lipinski definition) is 7. The fourth-order valence-corrected chi connectivity index (χ4v) is 3.71. The zero-order valence-corrected chi connectivity index (χ0v) is 14.5. The Morgan fingerprint density at radius 1 is 1.32 bits per heavy atom. The van der Waals surface area contributed by atoms with Crippen LogP contribution in [0.25, 0.3) is 0 Å². The minimum absolute atomic E-state index is 0.346. The van der Waals surface area contributed by atoms with E-state index < -0.39 is 72.2 Å². The quantitative estimate of drug-likeness (QED) is 0.255. The smallest absolute Gasteiger partial charge is 0.330 e.